The van der Waals surface area contributed by atoms with E-state index in [1.807, 2.05) is 55.6 Å². The fourth-order valence-corrected chi connectivity index (χ4v) is 4.65. The Labute approximate surface area is 185 Å². The minimum Gasteiger partial charge on any atom is -0.311 e. The molecule has 0 N–H and O–H groups in total. The Balaban J connectivity index is 1.69. The Morgan fingerprint density at radius 1 is 1.13 bits per heavy atom. The molecule has 0 aliphatic heterocycles. The maximum Gasteiger partial charge on any atom is 0.263 e. The van der Waals surface area contributed by atoms with Gasteiger partial charge in [-0.05, 0) is 49.1 Å². The summed E-state index contributed by atoms with van der Waals surface area (Å²) in [7, 11) is 0. The molecule has 0 aliphatic rings. The van der Waals surface area contributed by atoms with Gasteiger partial charge in [0, 0.05) is 23.2 Å². The summed E-state index contributed by atoms with van der Waals surface area (Å²) in [5, 5.41) is 2.54. The zero-order valence-electron chi connectivity index (χ0n) is 18.0. The van der Waals surface area contributed by atoms with Gasteiger partial charge in [-0.1, -0.05) is 43.3 Å². The van der Waals surface area contributed by atoms with E-state index < -0.39 is 0 Å². The lowest BCUT2D eigenvalue weighted by Gasteiger charge is -2.22. The Morgan fingerprint density at radius 2 is 1.90 bits per heavy atom. The molecule has 158 valence electrons. The number of carbonyl (C=O) groups excluding carboxylic acids is 1. The summed E-state index contributed by atoms with van der Waals surface area (Å²) in [6, 6.07) is 16.1. The number of benzene rings is 2. The summed E-state index contributed by atoms with van der Waals surface area (Å²) < 4.78 is 1.42. The van der Waals surface area contributed by atoms with Crippen LogP contribution in [0, 0.1) is 6.92 Å². The van der Waals surface area contributed by atoms with Crippen molar-refractivity contribution in [2.24, 2.45) is 0 Å². The summed E-state index contributed by atoms with van der Waals surface area (Å²) >= 11 is 1.45. The third-order valence-electron chi connectivity index (χ3n) is 5.47. The molecule has 0 spiro atoms. The van der Waals surface area contributed by atoms with E-state index in [9.17, 15) is 9.59 Å². The van der Waals surface area contributed by atoms with Crippen LogP contribution in [0.3, 0.4) is 0 Å². The maximum atomic E-state index is 13.3. The predicted molar refractivity (Wildman–Crippen MR) is 128 cm³/mol. The smallest absolute Gasteiger partial charge is 0.263 e. The second-order valence-corrected chi connectivity index (χ2v) is 8.39. The van der Waals surface area contributed by atoms with Crippen LogP contribution < -0.4 is 10.5 Å². The van der Waals surface area contributed by atoms with Gasteiger partial charge in [-0.25, -0.2) is 4.98 Å². The monoisotopic (exact) mass is 431 g/mol. The van der Waals surface area contributed by atoms with Crippen LogP contribution in [-0.2, 0) is 17.8 Å². The summed E-state index contributed by atoms with van der Waals surface area (Å²) in [5.74, 6) is -0.138. The number of aromatic nitrogens is 2. The van der Waals surface area contributed by atoms with Crippen LogP contribution in [0.4, 0.5) is 5.69 Å². The van der Waals surface area contributed by atoms with E-state index in [0.717, 1.165) is 28.8 Å². The first-order valence-corrected chi connectivity index (χ1v) is 11.3. The van der Waals surface area contributed by atoms with E-state index in [2.05, 4.69) is 24.0 Å². The van der Waals surface area contributed by atoms with Crippen molar-refractivity contribution in [1.29, 1.82) is 0 Å². The molecule has 2 heterocycles. The minimum absolute atomic E-state index is 0.0480. The van der Waals surface area contributed by atoms with E-state index in [-0.39, 0.29) is 18.0 Å². The summed E-state index contributed by atoms with van der Waals surface area (Å²) in [4.78, 5) is 33.2. The number of amides is 1. The molecule has 5 nitrogen and oxygen atoms in total. The lowest BCUT2D eigenvalue weighted by molar-refractivity contribution is -0.119. The summed E-state index contributed by atoms with van der Waals surface area (Å²) in [6.07, 6.45) is 2.45. The van der Waals surface area contributed by atoms with Gasteiger partial charge in [-0.15, -0.1) is 11.3 Å². The van der Waals surface area contributed by atoms with E-state index in [4.69, 9.17) is 0 Å². The number of hydrogen-bond donors (Lipinski definition) is 0. The van der Waals surface area contributed by atoms with Crippen LogP contribution in [0.2, 0.25) is 0 Å². The first-order valence-electron chi connectivity index (χ1n) is 10.4. The molecule has 4 aromatic rings. The molecule has 6 heteroatoms. The van der Waals surface area contributed by atoms with Gasteiger partial charge in [-0.2, -0.15) is 0 Å². The zero-order valence-corrected chi connectivity index (χ0v) is 18.8. The number of fused-ring (bicyclic) bond motifs is 1. The number of nitrogens with zero attached hydrogens (tertiary/aromatic N) is 3. The van der Waals surface area contributed by atoms with Crippen LogP contribution >= 0.6 is 11.3 Å². The van der Waals surface area contributed by atoms with Crippen molar-refractivity contribution in [3.63, 3.8) is 0 Å². The number of likely N-dealkylation sites (N-methyl/N-ethyl adjacent to an activating group) is 1. The van der Waals surface area contributed by atoms with Crippen molar-refractivity contribution in [1.82, 2.24) is 9.55 Å². The largest absolute Gasteiger partial charge is 0.311 e. The molecule has 0 saturated heterocycles. The van der Waals surface area contributed by atoms with Gasteiger partial charge in [-0.3, -0.25) is 14.2 Å². The van der Waals surface area contributed by atoms with E-state index in [1.165, 1.54) is 27.8 Å². The molecule has 0 unspecified atom stereocenters. The minimum atomic E-state index is -0.186. The van der Waals surface area contributed by atoms with E-state index in [1.54, 1.807) is 4.90 Å². The van der Waals surface area contributed by atoms with Gasteiger partial charge in [0.2, 0.25) is 5.91 Å². The molecule has 1 amide bonds. The molecule has 4 rings (SSSR count). The third-order valence-corrected chi connectivity index (χ3v) is 6.36. The van der Waals surface area contributed by atoms with Crippen molar-refractivity contribution >= 4 is 33.1 Å². The second-order valence-electron chi connectivity index (χ2n) is 7.53. The quantitative estimate of drug-likeness (QED) is 0.429. The van der Waals surface area contributed by atoms with Gasteiger partial charge in [0.25, 0.3) is 5.56 Å². The van der Waals surface area contributed by atoms with Crippen LogP contribution in [-0.4, -0.2) is 22.0 Å². The highest BCUT2D eigenvalue weighted by molar-refractivity contribution is 7.17. The lowest BCUT2D eigenvalue weighted by Crippen LogP contribution is -2.36. The molecule has 2 aromatic carbocycles. The van der Waals surface area contributed by atoms with Crippen LogP contribution in [0.25, 0.3) is 21.3 Å². The molecule has 0 saturated carbocycles. The zero-order chi connectivity index (χ0) is 22.0. The maximum absolute atomic E-state index is 13.3. The predicted octanol–water partition coefficient (Wildman–Crippen LogP) is 5.05. The molecule has 0 aliphatic carbocycles. The average Bonchev–Trinajstić information content (AvgIpc) is 3.21. The Bertz CT molecular complexity index is 1290. The van der Waals surface area contributed by atoms with Crippen molar-refractivity contribution in [3.8, 4) is 11.1 Å². The van der Waals surface area contributed by atoms with Gasteiger partial charge in [0.1, 0.15) is 11.4 Å². The Hall–Kier alpha value is -3.25. The topological polar surface area (TPSA) is 55.2 Å². The average molecular weight is 432 g/mol. The molecule has 0 atom stereocenters. The highest BCUT2D eigenvalue weighted by atomic mass is 32.1. The number of aryl methyl sites for hydroxylation is 2. The van der Waals surface area contributed by atoms with Gasteiger partial charge in [0.15, 0.2) is 0 Å². The van der Waals surface area contributed by atoms with Crippen molar-refractivity contribution in [2.75, 3.05) is 11.4 Å². The van der Waals surface area contributed by atoms with Crippen molar-refractivity contribution in [2.45, 2.75) is 33.7 Å². The van der Waals surface area contributed by atoms with Gasteiger partial charge >= 0.3 is 0 Å². The first kappa shape index (κ1) is 21.0. The fraction of sp³-hybridized carbons (Fsp3) is 0.240. The number of anilines is 1. The standard InChI is InChI=1S/C25H25N3O2S/c1-4-18-9-11-19(12-10-18)21-15-31-24-23(21)25(30)27(16-26-24)14-22(29)28(5-2)20-8-6-7-17(3)13-20/h6-13,15-16H,4-5,14H2,1-3H3. The van der Waals surface area contributed by atoms with Gasteiger partial charge < -0.3 is 4.90 Å². The number of hydrogen-bond acceptors (Lipinski definition) is 4. The molecule has 0 fully saturated rings. The molecular weight excluding hydrogens is 406 g/mol. The molecule has 2 aromatic heterocycles. The highest BCUT2D eigenvalue weighted by Gasteiger charge is 2.18. The third kappa shape index (κ3) is 4.16. The second kappa shape index (κ2) is 8.86. The van der Waals surface area contributed by atoms with Crippen LogP contribution in [0.1, 0.15) is 25.0 Å². The number of carbonyl (C=O) groups is 1. The number of thiophene rings is 1. The van der Waals surface area contributed by atoms with E-state index in [0.29, 0.717) is 16.8 Å². The molecule has 0 radical (unpaired) electrons. The van der Waals surface area contributed by atoms with Gasteiger partial charge in [0.05, 0.1) is 11.7 Å². The molecular formula is C25H25N3O2S. The summed E-state index contributed by atoms with van der Waals surface area (Å²) in [6.45, 7) is 6.52. The lowest BCUT2D eigenvalue weighted by atomic mass is 10.0. The van der Waals surface area contributed by atoms with Crippen molar-refractivity contribution < 1.29 is 4.79 Å². The fourth-order valence-electron chi connectivity index (χ4n) is 3.74. The highest BCUT2D eigenvalue weighted by Crippen LogP contribution is 2.30. The van der Waals surface area contributed by atoms with E-state index >= 15 is 0 Å². The Kier molecular flexibility index (Phi) is 6.00. The Morgan fingerprint density at radius 3 is 2.58 bits per heavy atom. The van der Waals surface area contributed by atoms with Crippen molar-refractivity contribution in [3.05, 3.63) is 81.7 Å². The van der Waals surface area contributed by atoms with Crippen LogP contribution in [0.15, 0.2) is 65.0 Å². The SMILES string of the molecule is CCc1ccc(-c2csc3ncn(CC(=O)N(CC)c4cccc(C)c4)c(=O)c23)cc1. The molecule has 31 heavy (non-hydrogen) atoms. The summed E-state index contributed by atoms with van der Waals surface area (Å²) in [5.41, 5.74) is 4.84. The molecule has 0 bridgehead atoms. The normalized spacial score (nSPS) is 11.1. The first-order chi connectivity index (χ1) is 15.0. The number of rotatable bonds is 6. The van der Waals surface area contributed by atoms with Crippen LogP contribution in [0.5, 0.6) is 0 Å².